The number of benzene rings is 1. The molecule has 0 spiro atoms. The van der Waals surface area contributed by atoms with Crippen molar-refractivity contribution in [2.45, 2.75) is 53.6 Å². The molecular weight excluding hydrogens is 300 g/mol. The Kier molecular flexibility index (Phi) is 5.63. The highest BCUT2D eigenvalue weighted by molar-refractivity contribution is 6.05. The summed E-state index contributed by atoms with van der Waals surface area (Å²) in [5.74, 6) is 0.206. The van der Waals surface area contributed by atoms with Crippen LogP contribution in [0, 0.1) is 5.92 Å². The summed E-state index contributed by atoms with van der Waals surface area (Å²) in [5.41, 5.74) is 5.82. The monoisotopic (exact) mass is 326 g/mol. The van der Waals surface area contributed by atoms with Crippen molar-refractivity contribution in [3.63, 3.8) is 0 Å². The Morgan fingerprint density at radius 3 is 2.29 bits per heavy atom. The molecule has 1 aliphatic rings. The van der Waals surface area contributed by atoms with Crippen molar-refractivity contribution in [1.82, 2.24) is 9.80 Å². The number of carbonyl (C=O) groups excluding carboxylic acids is 2. The lowest BCUT2D eigenvalue weighted by molar-refractivity contribution is -0.128. The Bertz CT molecular complexity index is 681. The van der Waals surface area contributed by atoms with E-state index in [1.807, 2.05) is 51.1 Å². The molecule has 3 amide bonds. The third kappa shape index (κ3) is 3.95. The maximum Gasteiger partial charge on any atom is 0.332 e. The lowest BCUT2D eigenvalue weighted by atomic mass is 10.0. The molecule has 24 heavy (non-hydrogen) atoms. The van der Waals surface area contributed by atoms with Crippen LogP contribution in [0.1, 0.15) is 46.6 Å². The van der Waals surface area contributed by atoms with Crippen molar-refractivity contribution < 1.29 is 9.59 Å². The number of amides is 3. The Morgan fingerprint density at radius 2 is 1.75 bits per heavy atom. The maximum absolute atomic E-state index is 12.9. The van der Waals surface area contributed by atoms with Gasteiger partial charge in [0, 0.05) is 0 Å². The van der Waals surface area contributed by atoms with Crippen LogP contribution in [0.3, 0.4) is 0 Å². The highest BCUT2D eigenvalue weighted by Crippen LogP contribution is 2.28. The summed E-state index contributed by atoms with van der Waals surface area (Å²) in [6.45, 7) is 10.2. The number of carbonyl (C=O) groups is 2. The van der Waals surface area contributed by atoms with E-state index >= 15 is 0 Å². The summed E-state index contributed by atoms with van der Waals surface area (Å²) >= 11 is 0. The summed E-state index contributed by atoms with van der Waals surface area (Å²) in [6, 6.07) is 8.93. The van der Waals surface area contributed by atoms with Gasteiger partial charge in [-0.25, -0.2) is 4.79 Å². The number of rotatable bonds is 5. The highest BCUT2D eigenvalue weighted by atomic mass is 16.2. The molecular formula is C20H26N2O2. The molecule has 0 aliphatic carbocycles. The first-order valence-electron chi connectivity index (χ1n) is 8.40. The average molecular weight is 326 g/mol. The van der Waals surface area contributed by atoms with Crippen LogP contribution < -0.4 is 0 Å². The van der Waals surface area contributed by atoms with Gasteiger partial charge in [-0.15, -0.1) is 5.73 Å². The third-order valence-corrected chi connectivity index (χ3v) is 3.97. The molecule has 1 aromatic carbocycles. The second kappa shape index (κ2) is 7.50. The van der Waals surface area contributed by atoms with Crippen LogP contribution in [0.5, 0.6) is 0 Å². The van der Waals surface area contributed by atoms with Gasteiger partial charge in [0.25, 0.3) is 5.91 Å². The summed E-state index contributed by atoms with van der Waals surface area (Å²) in [7, 11) is 0. The minimum atomic E-state index is -0.437. The molecule has 0 radical (unpaired) electrons. The van der Waals surface area contributed by atoms with Crippen LogP contribution in [-0.2, 0) is 11.3 Å². The van der Waals surface area contributed by atoms with Crippen molar-refractivity contribution in [3.05, 3.63) is 52.9 Å². The fourth-order valence-corrected chi connectivity index (χ4v) is 3.01. The minimum Gasteiger partial charge on any atom is -0.278 e. The van der Waals surface area contributed by atoms with Crippen LogP contribution in [0.4, 0.5) is 4.79 Å². The molecule has 1 saturated heterocycles. The van der Waals surface area contributed by atoms with Gasteiger partial charge in [-0.05, 0) is 44.2 Å². The molecule has 128 valence electrons. The fourth-order valence-electron chi connectivity index (χ4n) is 3.01. The highest BCUT2D eigenvalue weighted by Gasteiger charge is 2.45. The van der Waals surface area contributed by atoms with E-state index in [0.717, 1.165) is 11.1 Å². The van der Waals surface area contributed by atoms with Crippen molar-refractivity contribution in [1.29, 1.82) is 0 Å². The van der Waals surface area contributed by atoms with Crippen LogP contribution in [0.2, 0.25) is 0 Å². The van der Waals surface area contributed by atoms with Crippen molar-refractivity contribution in [2.24, 2.45) is 5.92 Å². The minimum absolute atomic E-state index is 0.118. The molecule has 0 aromatic heterocycles. The van der Waals surface area contributed by atoms with Gasteiger partial charge in [0.2, 0.25) is 0 Å². The number of imide groups is 1. The zero-order valence-electron chi connectivity index (χ0n) is 15.2. The molecule has 1 atom stereocenters. The van der Waals surface area contributed by atoms with E-state index in [0.29, 0.717) is 24.6 Å². The van der Waals surface area contributed by atoms with Gasteiger partial charge in [0.15, 0.2) is 0 Å². The lowest BCUT2D eigenvalue weighted by Crippen LogP contribution is -2.34. The predicted molar refractivity (Wildman–Crippen MR) is 95.0 cm³/mol. The van der Waals surface area contributed by atoms with Gasteiger partial charge in [-0.3, -0.25) is 14.6 Å². The normalized spacial score (nSPS) is 17.5. The van der Waals surface area contributed by atoms with Crippen LogP contribution in [0.25, 0.3) is 0 Å². The van der Waals surface area contributed by atoms with E-state index in [-0.39, 0.29) is 11.9 Å². The Morgan fingerprint density at radius 1 is 1.12 bits per heavy atom. The fraction of sp³-hybridized carbons (Fsp3) is 0.450. The van der Waals surface area contributed by atoms with Crippen molar-refractivity contribution in [2.75, 3.05) is 0 Å². The number of hydrogen-bond donors (Lipinski definition) is 0. The molecule has 0 N–H and O–H groups in total. The molecule has 2 rings (SSSR count). The van der Waals surface area contributed by atoms with Gasteiger partial charge in [-0.1, -0.05) is 44.2 Å². The molecule has 0 bridgehead atoms. The van der Waals surface area contributed by atoms with E-state index in [1.54, 1.807) is 4.90 Å². The Hall–Kier alpha value is -2.32. The smallest absolute Gasteiger partial charge is 0.278 e. The van der Waals surface area contributed by atoms with E-state index < -0.39 is 6.04 Å². The van der Waals surface area contributed by atoms with Crippen LogP contribution in [-0.4, -0.2) is 27.8 Å². The molecule has 0 saturated carbocycles. The second-order valence-electron chi connectivity index (χ2n) is 6.92. The standard InChI is InChI=1S/C20H26N2O2/c1-14(2)11-16(5)22-18(12-15(3)4)19(23)21(20(22)24)13-17-9-7-6-8-10-17/h6-10,15,18H,12-13H2,1-5H3/t18-/m0/s1. The predicted octanol–water partition coefficient (Wildman–Crippen LogP) is 4.33. The molecule has 1 aromatic rings. The first kappa shape index (κ1) is 18.0. The largest absolute Gasteiger partial charge is 0.332 e. The average Bonchev–Trinajstić information content (AvgIpc) is 2.72. The van der Waals surface area contributed by atoms with Crippen LogP contribution >= 0.6 is 0 Å². The van der Waals surface area contributed by atoms with E-state index in [2.05, 4.69) is 19.6 Å². The zero-order valence-corrected chi connectivity index (χ0v) is 15.2. The first-order valence-corrected chi connectivity index (χ1v) is 8.40. The van der Waals surface area contributed by atoms with Gasteiger partial charge in [0.1, 0.15) is 6.04 Å². The first-order chi connectivity index (χ1) is 11.3. The summed E-state index contributed by atoms with van der Waals surface area (Å²) in [6.07, 6.45) is 0.650. The number of nitrogens with zero attached hydrogens (tertiary/aromatic N) is 2. The molecule has 1 fully saturated rings. The Labute approximate surface area is 144 Å². The molecule has 1 aliphatic heterocycles. The number of urea groups is 1. The van der Waals surface area contributed by atoms with Gasteiger partial charge in [0.05, 0.1) is 12.2 Å². The molecule has 1 heterocycles. The second-order valence-corrected chi connectivity index (χ2v) is 6.92. The van der Waals surface area contributed by atoms with Gasteiger partial charge >= 0.3 is 6.03 Å². The lowest BCUT2D eigenvalue weighted by Gasteiger charge is -2.22. The number of hydrogen-bond acceptors (Lipinski definition) is 2. The Balaban J connectivity index is 2.37. The molecule has 0 unspecified atom stereocenters. The maximum atomic E-state index is 12.9. The topological polar surface area (TPSA) is 40.6 Å². The third-order valence-electron chi connectivity index (χ3n) is 3.97. The van der Waals surface area contributed by atoms with Crippen molar-refractivity contribution in [3.8, 4) is 0 Å². The SMILES string of the molecule is CC(C)=C=C(C)N1C(=O)N(Cc2ccccc2)C(=O)[C@@H]1CC(C)C. The summed E-state index contributed by atoms with van der Waals surface area (Å²) in [5, 5.41) is 0. The van der Waals surface area contributed by atoms with E-state index in [4.69, 9.17) is 0 Å². The zero-order chi connectivity index (χ0) is 17.9. The molecule has 4 nitrogen and oxygen atoms in total. The quantitative estimate of drug-likeness (QED) is 0.597. The molecule has 4 heteroatoms. The summed E-state index contributed by atoms with van der Waals surface area (Å²) in [4.78, 5) is 28.7. The van der Waals surface area contributed by atoms with Crippen LogP contribution in [0.15, 0.2) is 47.3 Å². The van der Waals surface area contributed by atoms with Gasteiger partial charge < -0.3 is 0 Å². The van der Waals surface area contributed by atoms with E-state index in [1.165, 1.54) is 4.90 Å². The van der Waals surface area contributed by atoms with E-state index in [9.17, 15) is 9.59 Å². The number of allylic oxidation sites excluding steroid dienone is 1. The van der Waals surface area contributed by atoms with Crippen molar-refractivity contribution >= 4 is 11.9 Å². The van der Waals surface area contributed by atoms with Gasteiger partial charge in [-0.2, -0.15) is 0 Å². The summed E-state index contributed by atoms with van der Waals surface area (Å²) < 4.78 is 0.